The largest absolute Gasteiger partial charge is 0.467 e. The van der Waals surface area contributed by atoms with Crippen LogP contribution < -0.4 is 0 Å². The van der Waals surface area contributed by atoms with Gasteiger partial charge in [0.1, 0.15) is 5.76 Å². The normalized spacial score (nSPS) is 10.9. The number of amides is 1. The number of furan rings is 1. The molecule has 1 amide bonds. The number of ether oxygens (including phenoxy) is 1. The minimum absolute atomic E-state index is 0.296. The van der Waals surface area contributed by atoms with Crippen molar-refractivity contribution in [3.63, 3.8) is 0 Å². The first-order valence-corrected chi connectivity index (χ1v) is 10.3. The Morgan fingerprint density at radius 2 is 2.00 bits per heavy atom. The third-order valence-corrected chi connectivity index (χ3v) is 5.74. The molecule has 1 aromatic carbocycles. The molecular formula is C22H17ClN2O4S. The molecule has 3 heterocycles. The number of carbonyl (C=O) groups is 2. The van der Waals surface area contributed by atoms with E-state index in [0.29, 0.717) is 38.8 Å². The average Bonchev–Trinajstić information content (AvgIpc) is 3.42. The number of likely N-dealkylation sites (N-methyl/N-ethyl adjacent to an activating group) is 1. The summed E-state index contributed by atoms with van der Waals surface area (Å²) in [6.07, 6.45) is 1.54. The van der Waals surface area contributed by atoms with E-state index in [1.54, 1.807) is 43.6 Å². The second-order valence-electron chi connectivity index (χ2n) is 6.58. The summed E-state index contributed by atoms with van der Waals surface area (Å²) in [6.45, 7) is -0.0717. The Morgan fingerprint density at radius 1 is 1.17 bits per heavy atom. The van der Waals surface area contributed by atoms with Gasteiger partial charge in [-0.2, -0.15) is 0 Å². The van der Waals surface area contributed by atoms with Gasteiger partial charge < -0.3 is 14.1 Å². The summed E-state index contributed by atoms with van der Waals surface area (Å²) in [5.74, 6) is -0.266. The van der Waals surface area contributed by atoms with Gasteiger partial charge in [0, 0.05) is 12.4 Å². The van der Waals surface area contributed by atoms with Crippen LogP contribution in [0.1, 0.15) is 16.1 Å². The number of carbonyl (C=O) groups excluding carboxylic acids is 2. The van der Waals surface area contributed by atoms with Crippen molar-refractivity contribution in [2.24, 2.45) is 0 Å². The van der Waals surface area contributed by atoms with Crippen LogP contribution in [0.25, 0.3) is 21.5 Å². The van der Waals surface area contributed by atoms with Crippen LogP contribution >= 0.6 is 22.9 Å². The minimum Gasteiger partial charge on any atom is -0.467 e. The number of pyridine rings is 1. The molecule has 0 radical (unpaired) electrons. The van der Waals surface area contributed by atoms with Crippen molar-refractivity contribution in [2.45, 2.75) is 6.54 Å². The zero-order valence-electron chi connectivity index (χ0n) is 16.0. The summed E-state index contributed by atoms with van der Waals surface area (Å²) >= 11 is 7.42. The summed E-state index contributed by atoms with van der Waals surface area (Å²) in [6, 6.07) is 16.1. The van der Waals surface area contributed by atoms with Crippen LogP contribution in [-0.2, 0) is 16.1 Å². The molecule has 0 saturated heterocycles. The van der Waals surface area contributed by atoms with Crippen LogP contribution in [0.5, 0.6) is 0 Å². The second kappa shape index (κ2) is 8.69. The van der Waals surface area contributed by atoms with E-state index in [-0.39, 0.29) is 12.5 Å². The second-order valence-corrected chi connectivity index (χ2v) is 8.30. The Labute approximate surface area is 181 Å². The highest BCUT2D eigenvalue weighted by atomic mass is 35.5. The van der Waals surface area contributed by atoms with E-state index >= 15 is 0 Å². The van der Waals surface area contributed by atoms with Crippen molar-refractivity contribution < 1.29 is 18.7 Å². The first-order valence-electron chi connectivity index (χ1n) is 9.10. The van der Waals surface area contributed by atoms with Crippen LogP contribution in [0, 0.1) is 0 Å². The molecule has 0 atom stereocenters. The molecule has 152 valence electrons. The maximum Gasteiger partial charge on any atom is 0.339 e. The Hall–Kier alpha value is -3.16. The Kier molecular flexibility index (Phi) is 5.83. The van der Waals surface area contributed by atoms with Gasteiger partial charge in [-0.3, -0.25) is 4.79 Å². The summed E-state index contributed by atoms with van der Waals surface area (Å²) in [7, 11) is 1.62. The SMILES string of the molecule is CN(Cc1ccco1)C(=O)COC(=O)c1cc(-c2ccc(Cl)s2)nc2ccccc12. The van der Waals surface area contributed by atoms with Crippen molar-refractivity contribution >= 4 is 45.7 Å². The third kappa shape index (κ3) is 4.37. The maximum atomic E-state index is 12.8. The monoisotopic (exact) mass is 440 g/mol. The summed E-state index contributed by atoms with van der Waals surface area (Å²) in [4.78, 5) is 32.1. The molecule has 4 rings (SSSR count). The van der Waals surface area contributed by atoms with Crippen LogP contribution in [0.2, 0.25) is 4.34 Å². The van der Waals surface area contributed by atoms with Crippen LogP contribution in [0.3, 0.4) is 0 Å². The van der Waals surface area contributed by atoms with E-state index in [1.807, 2.05) is 24.3 Å². The van der Waals surface area contributed by atoms with Crippen LogP contribution in [-0.4, -0.2) is 35.4 Å². The van der Waals surface area contributed by atoms with Gasteiger partial charge in [0.05, 0.1) is 38.8 Å². The molecule has 0 spiro atoms. The van der Waals surface area contributed by atoms with Gasteiger partial charge in [-0.15, -0.1) is 11.3 Å². The number of benzene rings is 1. The molecule has 0 aliphatic heterocycles. The van der Waals surface area contributed by atoms with Gasteiger partial charge in [-0.05, 0) is 36.4 Å². The lowest BCUT2D eigenvalue weighted by atomic mass is 10.1. The van der Waals surface area contributed by atoms with Gasteiger partial charge in [0.25, 0.3) is 5.91 Å². The zero-order valence-corrected chi connectivity index (χ0v) is 17.6. The Balaban J connectivity index is 1.54. The third-order valence-electron chi connectivity index (χ3n) is 4.49. The Bertz CT molecular complexity index is 1200. The zero-order chi connectivity index (χ0) is 21.1. The number of rotatable bonds is 6. The number of hydrogen-bond donors (Lipinski definition) is 0. The van der Waals surface area contributed by atoms with E-state index in [9.17, 15) is 9.59 Å². The van der Waals surface area contributed by atoms with Gasteiger partial charge in [0.2, 0.25) is 0 Å². The fourth-order valence-electron chi connectivity index (χ4n) is 2.96. The fourth-order valence-corrected chi connectivity index (χ4v) is 3.97. The molecule has 30 heavy (non-hydrogen) atoms. The number of halogens is 1. The molecule has 8 heteroatoms. The maximum absolute atomic E-state index is 12.8. The van der Waals surface area contributed by atoms with Crippen molar-refractivity contribution in [3.05, 3.63) is 76.5 Å². The fraction of sp³-hybridized carbons (Fsp3) is 0.136. The van der Waals surface area contributed by atoms with Crippen molar-refractivity contribution in [1.29, 1.82) is 0 Å². The number of nitrogens with zero attached hydrogens (tertiary/aromatic N) is 2. The predicted molar refractivity (Wildman–Crippen MR) is 116 cm³/mol. The number of thiophene rings is 1. The van der Waals surface area contributed by atoms with Crippen molar-refractivity contribution in [2.75, 3.05) is 13.7 Å². The van der Waals surface area contributed by atoms with Gasteiger partial charge in [-0.25, -0.2) is 9.78 Å². The highest BCUT2D eigenvalue weighted by molar-refractivity contribution is 7.19. The number of aromatic nitrogens is 1. The lowest BCUT2D eigenvalue weighted by molar-refractivity contribution is -0.133. The standard InChI is InChI=1S/C22H17ClN2O4S/c1-25(12-14-5-4-10-28-14)21(26)13-29-22(27)16-11-18(19-8-9-20(23)30-19)24-17-7-3-2-6-15(16)17/h2-11H,12-13H2,1H3. The molecule has 0 fully saturated rings. The van der Waals surface area contributed by atoms with Crippen LogP contribution in [0.4, 0.5) is 0 Å². The number of hydrogen-bond acceptors (Lipinski definition) is 6. The van der Waals surface area contributed by atoms with E-state index in [4.69, 9.17) is 20.8 Å². The molecule has 0 aliphatic rings. The first-order chi connectivity index (χ1) is 14.5. The molecule has 0 saturated carbocycles. The topological polar surface area (TPSA) is 72.6 Å². The highest BCUT2D eigenvalue weighted by Gasteiger charge is 2.18. The molecular weight excluding hydrogens is 424 g/mol. The van der Waals surface area contributed by atoms with Crippen molar-refractivity contribution in [1.82, 2.24) is 9.88 Å². The van der Waals surface area contributed by atoms with E-state index in [2.05, 4.69) is 4.98 Å². The number of esters is 1. The summed E-state index contributed by atoms with van der Waals surface area (Å²) in [5, 5.41) is 0.658. The molecule has 3 aromatic heterocycles. The summed E-state index contributed by atoms with van der Waals surface area (Å²) < 4.78 is 11.2. The summed E-state index contributed by atoms with van der Waals surface area (Å²) in [5.41, 5.74) is 1.63. The Morgan fingerprint density at radius 3 is 2.73 bits per heavy atom. The lowest BCUT2D eigenvalue weighted by Gasteiger charge is -2.16. The molecule has 0 bridgehead atoms. The van der Waals surface area contributed by atoms with E-state index in [1.165, 1.54) is 16.2 Å². The van der Waals surface area contributed by atoms with Gasteiger partial charge >= 0.3 is 5.97 Å². The average molecular weight is 441 g/mol. The van der Waals surface area contributed by atoms with Crippen molar-refractivity contribution in [3.8, 4) is 10.6 Å². The van der Waals surface area contributed by atoms with Gasteiger partial charge in [-0.1, -0.05) is 29.8 Å². The minimum atomic E-state index is -0.586. The molecule has 6 nitrogen and oxygen atoms in total. The van der Waals surface area contributed by atoms with E-state index in [0.717, 1.165) is 4.88 Å². The molecule has 4 aromatic rings. The highest BCUT2D eigenvalue weighted by Crippen LogP contribution is 2.32. The van der Waals surface area contributed by atoms with Gasteiger partial charge in [0.15, 0.2) is 6.61 Å². The number of para-hydroxylation sites is 1. The quantitative estimate of drug-likeness (QED) is 0.393. The van der Waals surface area contributed by atoms with Crippen LogP contribution in [0.15, 0.2) is 65.3 Å². The smallest absolute Gasteiger partial charge is 0.339 e. The molecule has 0 unspecified atom stereocenters. The molecule has 0 aliphatic carbocycles. The molecule has 0 N–H and O–H groups in total. The lowest BCUT2D eigenvalue weighted by Crippen LogP contribution is -2.30. The van der Waals surface area contributed by atoms with E-state index < -0.39 is 5.97 Å². The predicted octanol–water partition coefficient (Wildman–Crippen LogP) is 5.03. The first kappa shape index (κ1) is 20.1. The number of fused-ring (bicyclic) bond motifs is 1.